The maximum Gasteiger partial charge on any atom is 0.230 e. The summed E-state index contributed by atoms with van der Waals surface area (Å²) in [6.45, 7) is 8.05. The SMILES string of the molecule is CCn1cc(Nc2nc(S[C@H]3CNCCC3C(=O)/C(C#N)=C/C(C)C)c3c(Cl)c[nH]c3n2)cn1. The number of aromatic amines is 1. The zero-order valence-electron chi connectivity index (χ0n) is 19.3. The van der Waals surface area contributed by atoms with Crippen LogP contribution in [0, 0.1) is 23.2 Å². The molecule has 0 saturated carbocycles. The molecule has 34 heavy (non-hydrogen) atoms. The molecule has 1 unspecified atom stereocenters. The quantitative estimate of drug-likeness (QED) is 0.238. The summed E-state index contributed by atoms with van der Waals surface area (Å²) < 4.78 is 1.81. The maximum atomic E-state index is 13.3. The molecule has 3 aromatic rings. The summed E-state index contributed by atoms with van der Waals surface area (Å²) >= 11 is 7.96. The van der Waals surface area contributed by atoms with Crippen LogP contribution in [-0.2, 0) is 11.3 Å². The van der Waals surface area contributed by atoms with Crippen molar-refractivity contribution < 1.29 is 4.79 Å². The van der Waals surface area contributed by atoms with E-state index in [4.69, 9.17) is 16.6 Å². The van der Waals surface area contributed by atoms with E-state index in [1.807, 2.05) is 31.6 Å². The van der Waals surface area contributed by atoms with Crippen molar-refractivity contribution in [1.29, 1.82) is 5.26 Å². The molecule has 0 aromatic carbocycles. The van der Waals surface area contributed by atoms with Crippen molar-refractivity contribution in [3.63, 3.8) is 0 Å². The van der Waals surface area contributed by atoms with Crippen LogP contribution in [0.15, 0.2) is 35.3 Å². The van der Waals surface area contributed by atoms with Gasteiger partial charge in [0.25, 0.3) is 0 Å². The Morgan fingerprint density at radius 2 is 2.29 bits per heavy atom. The number of anilines is 2. The number of halogens is 1. The monoisotopic (exact) mass is 498 g/mol. The number of carbonyl (C=O) groups is 1. The van der Waals surface area contributed by atoms with Gasteiger partial charge >= 0.3 is 0 Å². The summed E-state index contributed by atoms with van der Waals surface area (Å²) in [6, 6.07) is 2.10. The van der Waals surface area contributed by atoms with E-state index in [0.717, 1.165) is 24.2 Å². The van der Waals surface area contributed by atoms with E-state index in [-0.39, 0.29) is 28.4 Å². The Bertz CT molecular complexity index is 1260. The van der Waals surface area contributed by atoms with Crippen LogP contribution in [0.25, 0.3) is 11.0 Å². The minimum atomic E-state index is -0.294. The van der Waals surface area contributed by atoms with Gasteiger partial charge in [-0.15, -0.1) is 11.8 Å². The minimum Gasteiger partial charge on any atom is -0.344 e. The van der Waals surface area contributed by atoms with E-state index in [1.165, 1.54) is 11.8 Å². The van der Waals surface area contributed by atoms with Crippen molar-refractivity contribution in [3.8, 4) is 6.07 Å². The van der Waals surface area contributed by atoms with E-state index in [1.54, 1.807) is 18.5 Å². The van der Waals surface area contributed by atoms with Gasteiger partial charge in [-0.2, -0.15) is 15.3 Å². The highest BCUT2D eigenvalue weighted by Gasteiger charge is 2.34. The lowest BCUT2D eigenvalue weighted by Crippen LogP contribution is -2.42. The number of nitrogens with zero attached hydrogens (tertiary/aromatic N) is 5. The van der Waals surface area contributed by atoms with Gasteiger partial charge in [0.05, 0.1) is 27.9 Å². The normalized spacial score (nSPS) is 18.9. The Morgan fingerprint density at radius 3 is 3.00 bits per heavy atom. The number of H-pyrrole nitrogens is 1. The van der Waals surface area contributed by atoms with Crippen molar-refractivity contribution in [2.75, 3.05) is 18.4 Å². The van der Waals surface area contributed by atoms with Gasteiger partial charge in [0.1, 0.15) is 16.7 Å². The number of aryl methyl sites for hydroxylation is 1. The average Bonchev–Trinajstić information content (AvgIpc) is 3.43. The largest absolute Gasteiger partial charge is 0.344 e. The summed E-state index contributed by atoms with van der Waals surface area (Å²) in [7, 11) is 0. The number of carbonyl (C=O) groups excluding carboxylic acids is 1. The molecule has 4 rings (SSSR count). The highest BCUT2D eigenvalue weighted by atomic mass is 35.5. The Balaban J connectivity index is 1.65. The molecule has 1 aliphatic heterocycles. The van der Waals surface area contributed by atoms with Gasteiger partial charge in [0, 0.05) is 36.7 Å². The number of hydrogen-bond donors (Lipinski definition) is 3. The molecule has 1 saturated heterocycles. The van der Waals surface area contributed by atoms with Crippen molar-refractivity contribution >= 4 is 51.8 Å². The van der Waals surface area contributed by atoms with Crippen LogP contribution in [0.2, 0.25) is 5.02 Å². The van der Waals surface area contributed by atoms with Crippen molar-refractivity contribution in [2.24, 2.45) is 11.8 Å². The van der Waals surface area contributed by atoms with Crippen molar-refractivity contribution in [1.82, 2.24) is 30.0 Å². The highest BCUT2D eigenvalue weighted by Crippen LogP contribution is 2.38. The number of thioether (sulfide) groups is 1. The molecule has 4 heterocycles. The Labute approximate surface area is 207 Å². The van der Waals surface area contributed by atoms with Crippen LogP contribution < -0.4 is 10.6 Å². The second-order valence-electron chi connectivity index (χ2n) is 8.48. The van der Waals surface area contributed by atoms with E-state index in [0.29, 0.717) is 34.6 Å². The molecule has 3 aromatic heterocycles. The molecular formula is C23H27ClN8OS. The summed E-state index contributed by atoms with van der Waals surface area (Å²) in [5, 5.41) is 22.2. The lowest BCUT2D eigenvalue weighted by Gasteiger charge is -2.30. The van der Waals surface area contributed by atoms with Crippen molar-refractivity contribution in [2.45, 2.75) is 44.0 Å². The molecule has 0 bridgehead atoms. The Hall–Kier alpha value is -2.87. The number of piperidine rings is 1. The van der Waals surface area contributed by atoms with Gasteiger partial charge in [-0.25, -0.2) is 4.98 Å². The van der Waals surface area contributed by atoms with E-state index in [9.17, 15) is 10.1 Å². The van der Waals surface area contributed by atoms with Crippen LogP contribution >= 0.6 is 23.4 Å². The summed E-state index contributed by atoms with van der Waals surface area (Å²) in [5.74, 6) is 0.134. The summed E-state index contributed by atoms with van der Waals surface area (Å²) in [6.07, 6.45) is 7.69. The van der Waals surface area contributed by atoms with Crippen LogP contribution in [0.5, 0.6) is 0 Å². The van der Waals surface area contributed by atoms with E-state index >= 15 is 0 Å². The van der Waals surface area contributed by atoms with Gasteiger partial charge in [-0.1, -0.05) is 31.5 Å². The van der Waals surface area contributed by atoms with Gasteiger partial charge in [0.15, 0.2) is 5.78 Å². The zero-order valence-corrected chi connectivity index (χ0v) is 20.9. The number of nitrogens with one attached hydrogen (secondary N) is 3. The summed E-state index contributed by atoms with van der Waals surface area (Å²) in [5.41, 5.74) is 1.62. The second kappa shape index (κ2) is 10.6. The first-order valence-corrected chi connectivity index (χ1v) is 12.5. The molecule has 1 fully saturated rings. The zero-order chi connectivity index (χ0) is 24.2. The first kappa shape index (κ1) is 24.3. The maximum absolute atomic E-state index is 13.3. The fourth-order valence-electron chi connectivity index (χ4n) is 3.94. The van der Waals surface area contributed by atoms with Gasteiger partial charge < -0.3 is 15.6 Å². The minimum absolute atomic E-state index is 0.106. The van der Waals surface area contributed by atoms with Crippen molar-refractivity contribution in [3.05, 3.63) is 35.3 Å². The van der Waals surface area contributed by atoms with Gasteiger partial charge in [0.2, 0.25) is 5.95 Å². The fraction of sp³-hybridized carbons (Fsp3) is 0.435. The molecule has 2 atom stereocenters. The fourth-order valence-corrected chi connectivity index (χ4v) is 5.60. The average molecular weight is 499 g/mol. The topological polar surface area (TPSA) is 124 Å². The number of allylic oxidation sites excluding steroid dienone is 2. The Morgan fingerprint density at radius 1 is 1.47 bits per heavy atom. The molecule has 11 heteroatoms. The third-order valence-electron chi connectivity index (χ3n) is 5.58. The van der Waals surface area contributed by atoms with Crippen LogP contribution in [-0.4, -0.2) is 48.9 Å². The molecule has 0 amide bonds. The molecule has 0 radical (unpaired) electrons. The number of Topliss-reactive ketones (excluding diaryl/α,β-unsaturated/α-hetero) is 1. The Kier molecular flexibility index (Phi) is 7.56. The lowest BCUT2D eigenvalue weighted by atomic mass is 9.88. The predicted molar refractivity (Wildman–Crippen MR) is 134 cm³/mol. The number of fused-ring (bicyclic) bond motifs is 1. The standard InChI is InChI=1S/C23H27ClN8OS/c1-4-32-12-15(9-28-32)29-23-30-21-19(17(24)10-27-21)22(31-23)34-18-11-26-6-5-16(18)20(33)14(8-25)7-13(2)3/h7,9-10,12-13,16,18,26H,4-6,11H2,1-3H3,(H2,27,29,30,31)/b14-7+/t16?,18-/m0/s1. The van der Waals surface area contributed by atoms with Crippen LogP contribution in [0.4, 0.5) is 11.6 Å². The van der Waals surface area contributed by atoms with Gasteiger partial charge in [-0.05, 0) is 25.8 Å². The number of ketones is 1. The van der Waals surface area contributed by atoms with E-state index in [2.05, 4.69) is 31.8 Å². The predicted octanol–water partition coefficient (Wildman–Crippen LogP) is 4.32. The second-order valence-corrected chi connectivity index (χ2v) is 10.1. The first-order chi connectivity index (χ1) is 16.4. The molecule has 0 aliphatic carbocycles. The molecule has 0 spiro atoms. The number of nitriles is 1. The number of rotatable bonds is 8. The first-order valence-electron chi connectivity index (χ1n) is 11.3. The third-order valence-corrected chi connectivity index (χ3v) is 7.19. The molecule has 178 valence electrons. The van der Waals surface area contributed by atoms with Gasteiger partial charge in [-0.3, -0.25) is 9.48 Å². The number of hydrogen-bond acceptors (Lipinski definition) is 8. The third kappa shape index (κ3) is 5.27. The van der Waals surface area contributed by atoms with Crippen LogP contribution in [0.3, 0.4) is 0 Å². The number of aromatic nitrogens is 5. The molecule has 3 N–H and O–H groups in total. The highest BCUT2D eigenvalue weighted by molar-refractivity contribution is 8.00. The lowest BCUT2D eigenvalue weighted by molar-refractivity contribution is -0.119. The van der Waals surface area contributed by atoms with E-state index < -0.39 is 0 Å². The summed E-state index contributed by atoms with van der Waals surface area (Å²) in [4.78, 5) is 25.7. The molecular weight excluding hydrogens is 472 g/mol. The molecule has 1 aliphatic rings. The molecule has 9 nitrogen and oxygen atoms in total. The smallest absolute Gasteiger partial charge is 0.230 e. The van der Waals surface area contributed by atoms with Crippen LogP contribution in [0.1, 0.15) is 27.2 Å².